The number of benzene rings is 1. The highest BCUT2D eigenvalue weighted by Crippen LogP contribution is 2.19. The summed E-state index contributed by atoms with van der Waals surface area (Å²) in [6.07, 6.45) is 0. The van der Waals surface area contributed by atoms with Gasteiger partial charge in [0, 0.05) is 21.5 Å². The molecule has 92 valence electrons. The molecule has 1 heterocycles. The van der Waals surface area contributed by atoms with Gasteiger partial charge in [-0.1, -0.05) is 0 Å². The molecule has 0 saturated heterocycles. The summed E-state index contributed by atoms with van der Waals surface area (Å²) in [7, 11) is 0. The molecule has 0 aliphatic rings. The van der Waals surface area contributed by atoms with Crippen molar-refractivity contribution in [2.24, 2.45) is 0 Å². The highest BCUT2D eigenvalue weighted by Gasteiger charge is 2.05. The minimum Gasteiger partial charge on any atom is -0.411 e. The molecule has 1 N–H and O–H groups in total. The predicted molar refractivity (Wildman–Crippen MR) is 55.6 cm³/mol. The van der Waals surface area contributed by atoms with E-state index >= 15 is 0 Å². The molecular weight excluding hydrogens is 305 g/mol. The van der Waals surface area contributed by atoms with Crippen molar-refractivity contribution in [3.63, 3.8) is 0 Å². The van der Waals surface area contributed by atoms with Crippen molar-refractivity contribution < 1.29 is 22.7 Å². The largest absolute Gasteiger partial charge is 0.411 e. The monoisotopic (exact) mass is 310 g/mol. The first-order chi connectivity index (χ1) is 7.99. The van der Waals surface area contributed by atoms with E-state index in [0.29, 0.717) is 16.3 Å². The van der Waals surface area contributed by atoms with Crippen molar-refractivity contribution in [1.82, 2.24) is 10.2 Å². The van der Waals surface area contributed by atoms with Gasteiger partial charge in [0.15, 0.2) is 0 Å². The second-order valence-corrected chi connectivity index (χ2v) is 3.32. The molecule has 0 aliphatic heterocycles. The molecule has 0 unspecified atom stereocenters. The first-order valence-corrected chi connectivity index (χ1v) is 4.99. The van der Waals surface area contributed by atoms with E-state index in [9.17, 15) is 13.2 Å². The SMILES string of the molecule is Fc1ccc(-c2nnc(Br)o2)cc1.OC(F)F. The fourth-order valence-corrected chi connectivity index (χ4v) is 1.15. The molecule has 2 rings (SSSR count). The number of hydrogen-bond acceptors (Lipinski definition) is 4. The van der Waals surface area contributed by atoms with Crippen molar-refractivity contribution in [2.75, 3.05) is 0 Å². The van der Waals surface area contributed by atoms with Gasteiger partial charge in [0.2, 0.25) is 5.89 Å². The molecule has 2 aromatic rings. The maximum Gasteiger partial charge on any atom is 0.342 e. The van der Waals surface area contributed by atoms with Crippen LogP contribution in [-0.4, -0.2) is 21.9 Å². The Kier molecular flexibility index (Phi) is 5.11. The van der Waals surface area contributed by atoms with E-state index in [-0.39, 0.29) is 5.82 Å². The molecule has 0 radical (unpaired) electrons. The third-order valence-corrected chi connectivity index (χ3v) is 1.81. The predicted octanol–water partition coefficient (Wildman–Crippen LogP) is 2.84. The normalized spacial score (nSPS) is 10.0. The summed E-state index contributed by atoms with van der Waals surface area (Å²) < 4.78 is 37.4. The van der Waals surface area contributed by atoms with Crippen LogP contribution < -0.4 is 0 Å². The molecule has 0 bridgehead atoms. The van der Waals surface area contributed by atoms with Crippen LogP contribution >= 0.6 is 15.9 Å². The van der Waals surface area contributed by atoms with Crippen molar-refractivity contribution in [3.05, 3.63) is 34.9 Å². The number of rotatable bonds is 1. The summed E-state index contributed by atoms with van der Waals surface area (Å²) in [5.41, 5.74) is 0.694. The van der Waals surface area contributed by atoms with Crippen LogP contribution in [0.3, 0.4) is 0 Å². The Bertz CT molecular complexity index is 459. The molecule has 1 aromatic carbocycles. The van der Waals surface area contributed by atoms with Crippen molar-refractivity contribution in [1.29, 1.82) is 0 Å². The van der Waals surface area contributed by atoms with Gasteiger partial charge >= 0.3 is 6.61 Å². The smallest absolute Gasteiger partial charge is 0.342 e. The molecule has 17 heavy (non-hydrogen) atoms. The molecule has 0 atom stereocenters. The summed E-state index contributed by atoms with van der Waals surface area (Å²) >= 11 is 3.03. The van der Waals surface area contributed by atoms with Crippen LogP contribution in [0.15, 0.2) is 33.5 Å². The Morgan fingerprint density at radius 2 is 1.71 bits per heavy atom. The van der Waals surface area contributed by atoms with E-state index < -0.39 is 6.61 Å². The van der Waals surface area contributed by atoms with Crippen LogP contribution in [0.5, 0.6) is 0 Å². The molecular formula is C9H6BrF3N2O2. The Labute approximate surface area is 102 Å². The topological polar surface area (TPSA) is 59.2 Å². The van der Waals surface area contributed by atoms with E-state index in [2.05, 4.69) is 26.1 Å². The van der Waals surface area contributed by atoms with Crippen LogP contribution in [0.1, 0.15) is 0 Å². The molecule has 0 saturated carbocycles. The number of aliphatic hydroxyl groups is 1. The number of aliphatic hydroxyl groups excluding tert-OH is 1. The van der Waals surface area contributed by atoms with Crippen molar-refractivity contribution in [3.8, 4) is 11.5 Å². The third-order valence-electron chi connectivity index (χ3n) is 1.49. The molecule has 0 spiro atoms. The van der Waals surface area contributed by atoms with Gasteiger partial charge in [0.1, 0.15) is 5.82 Å². The second-order valence-electron chi connectivity index (χ2n) is 2.64. The quantitative estimate of drug-likeness (QED) is 0.880. The Hall–Kier alpha value is -1.41. The number of halogens is 4. The average Bonchev–Trinajstić information content (AvgIpc) is 2.65. The summed E-state index contributed by atoms with van der Waals surface area (Å²) in [5.74, 6) is 0.0780. The average molecular weight is 311 g/mol. The van der Waals surface area contributed by atoms with Gasteiger partial charge in [-0.25, -0.2) is 4.39 Å². The maximum absolute atomic E-state index is 12.5. The molecule has 8 heteroatoms. The molecule has 0 amide bonds. The number of alkyl halides is 2. The zero-order chi connectivity index (χ0) is 12.8. The van der Waals surface area contributed by atoms with Gasteiger partial charge in [0.25, 0.3) is 4.80 Å². The molecule has 0 aliphatic carbocycles. The standard InChI is InChI=1S/C8H4BrFN2O.CH2F2O/c9-8-12-11-7(13-8)5-1-3-6(10)4-2-5;2-1(3)4/h1-4H;1,4H. The number of nitrogens with zero attached hydrogens (tertiary/aromatic N) is 2. The fraction of sp³-hybridized carbons (Fsp3) is 0.111. The summed E-state index contributed by atoms with van der Waals surface area (Å²) in [6.45, 7) is -3.17. The van der Waals surface area contributed by atoms with Crippen LogP contribution in [0, 0.1) is 5.82 Å². The number of aromatic nitrogens is 2. The van der Waals surface area contributed by atoms with E-state index in [0.717, 1.165) is 0 Å². The van der Waals surface area contributed by atoms with Gasteiger partial charge in [-0.2, -0.15) is 8.78 Å². The van der Waals surface area contributed by atoms with E-state index in [1.54, 1.807) is 12.1 Å². The number of hydrogen-bond donors (Lipinski definition) is 1. The fourth-order valence-electron chi connectivity index (χ4n) is 0.914. The van der Waals surface area contributed by atoms with E-state index in [1.165, 1.54) is 12.1 Å². The summed E-state index contributed by atoms with van der Waals surface area (Å²) in [6, 6.07) is 5.84. The van der Waals surface area contributed by atoms with E-state index in [4.69, 9.17) is 9.52 Å². The highest BCUT2D eigenvalue weighted by molar-refractivity contribution is 9.10. The third kappa shape index (κ3) is 4.96. The first-order valence-electron chi connectivity index (χ1n) is 4.20. The Morgan fingerprint density at radius 1 is 1.18 bits per heavy atom. The highest BCUT2D eigenvalue weighted by atomic mass is 79.9. The minimum absolute atomic E-state index is 0.290. The Morgan fingerprint density at radius 3 is 2.12 bits per heavy atom. The molecule has 0 fully saturated rings. The van der Waals surface area contributed by atoms with Crippen LogP contribution in [0.2, 0.25) is 0 Å². The lowest BCUT2D eigenvalue weighted by atomic mass is 10.2. The summed E-state index contributed by atoms with van der Waals surface area (Å²) in [4.78, 5) is 0.312. The first kappa shape index (κ1) is 13.7. The molecule has 4 nitrogen and oxygen atoms in total. The maximum atomic E-state index is 12.5. The van der Waals surface area contributed by atoms with E-state index in [1.807, 2.05) is 0 Å². The second kappa shape index (κ2) is 6.36. The zero-order valence-corrected chi connectivity index (χ0v) is 9.73. The van der Waals surface area contributed by atoms with Gasteiger partial charge in [0.05, 0.1) is 0 Å². The zero-order valence-electron chi connectivity index (χ0n) is 8.15. The summed E-state index contributed by atoms with van der Waals surface area (Å²) in [5, 5.41) is 14.1. The van der Waals surface area contributed by atoms with Crippen molar-refractivity contribution in [2.45, 2.75) is 6.61 Å². The van der Waals surface area contributed by atoms with Gasteiger partial charge in [-0.15, -0.1) is 10.2 Å². The van der Waals surface area contributed by atoms with Crippen LogP contribution in [0.25, 0.3) is 11.5 Å². The van der Waals surface area contributed by atoms with Gasteiger partial charge in [-0.05, 0) is 24.3 Å². The van der Waals surface area contributed by atoms with Gasteiger partial charge in [-0.3, -0.25) is 0 Å². The van der Waals surface area contributed by atoms with Gasteiger partial charge < -0.3 is 9.52 Å². The minimum atomic E-state index is -3.17. The lowest BCUT2D eigenvalue weighted by Gasteiger charge is -1.92. The van der Waals surface area contributed by atoms with Crippen LogP contribution in [-0.2, 0) is 0 Å². The lowest BCUT2D eigenvalue weighted by Crippen LogP contribution is -1.78. The van der Waals surface area contributed by atoms with Crippen molar-refractivity contribution >= 4 is 15.9 Å². The Balaban J connectivity index is 0.000000317. The molecule has 1 aromatic heterocycles. The lowest BCUT2D eigenvalue weighted by molar-refractivity contribution is -0.0728. The van der Waals surface area contributed by atoms with Crippen LogP contribution in [0.4, 0.5) is 13.2 Å².